The fourth-order valence-corrected chi connectivity index (χ4v) is 8.25. The quantitative estimate of drug-likeness (QED) is 0.262. The molecule has 220 valence electrons. The molecule has 1 aliphatic rings. The fraction of sp³-hybridized carbons (Fsp3) is 0.548. The van der Waals surface area contributed by atoms with E-state index in [1.54, 1.807) is 6.07 Å². The summed E-state index contributed by atoms with van der Waals surface area (Å²) < 4.78 is 27.6. The summed E-state index contributed by atoms with van der Waals surface area (Å²) in [5.41, 5.74) is 3.76. The molecule has 1 saturated carbocycles. The second kappa shape index (κ2) is 14.5. The number of benzene rings is 2. The molecule has 0 saturated heterocycles. The molecular formula is C31H45N2O5S2+. The highest BCUT2D eigenvalue weighted by Crippen LogP contribution is 2.35. The first-order valence-corrected chi connectivity index (χ1v) is 17.3. The second-order valence-corrected chi connectivity index (χ2v) is 14.5. The van der Waals surface area contributed by atoms with Crippen molar-refractivity contribution in [2.24, 2.45) is 0 Å². The number of thioether (sulfide) groups is 1. The molecule has 2 atom stereocenters. The first-order chi connectivity index (χ1) is 19.0. The number of nitrogens with zero attached hydrogens (tertiary/aromatic N) is 1. The molecule has 0 bridgehead atoms. The van der Waals surface area contributed by atoms with E-state index in [-0.39, 0.29) is 15.7 Å². The maximum absolute atomic E-state index is 13.8. The van der Waals surface area contributed by atoms with E-state index in [1.165, 1.54) is 11.8 Å². The highest BCUT2D eigenvalue weighted by molar-refractivity contribution is 7.98. The van der Waals surface area contributed by atoms with Crippen molar-refractivity contribution in [3.05, 3.63) is 59.2 Å². The van der Waals surface area contributed by atoms with Crippen molar-refractivity contribution in [2.45, 2.75) is 83.8 Å². The molecule has 0 spiro atoms. The minimum atomic E-state index is -3.44. The van der Waals surface area contributed by atoms with E-state index in [2.05, 4.69) is 5.32 Å². The van der Waals surface area contributed by atoms with Crippen LogP contribution in [0.25, 0.3) is 11.1 Å². The molecule has 0 radical (unpaired) electrons. The zero-order valence-corrected chi connectivity index (χ0v) is 26.0. The molecule has 2 N–H and O–H groups in total. The van der Waals surface area contributed by atoms with Gasteiger partial charge in [-0.2, -0.15) is 20.2 Å². The SMILES string of the molecule is CCCCS(=O)(=O)[N+](C)(Cc1ccc(C(=O)N[C@@H](CCSC)C(=O)O)c(-c2ccccc2C)c1)C1CCCCC1. The average Bonchev–Trinajstić information content (AvgIpc) is 2.94. The Kier molecular flexibility index (Phi) is 11.7. The van der Waals surface area contributed by atoms with Crippen molar-refractivity contribution >= 4 is 33.7 Å². The van der Waals surface area contributed by atoms with Gasteiger partial charge in [0.25, 0.3) is 15.9 Å². The van der Waals surface area contributed by atoms with Gasteiger partial charge in [0.05, 0.1) is 7.05 Å². The van der Waals surface area contributed by atoms with Crippen molar-refractivity contribution in [3.63, 3.8) is 0 Å². The number of carboxylic acid groups (broad SMARTS) is 1. The van der Waals surface area contributed by atoms with E-state index >= 15 is 0 Å². The van der Waals surface area contributed by atoms with Gasteiger partial charge in [0.15, 0.2) is 0 Å². The minimum Gasteiger partial charge on any atom is -0.480 e. The number of hydrogen-bond donors (Lipinski definition) is 2. The predicted octanol–water partition coefficient (Wildman–Crippen LogP) is 6.01. The number of carbonyl (C=O) groups excluding carboxylic acids is 1. The van der Waals surface area contributed by atoms with Crippen molar-refractivity contribution in [2.75, 3.05) is 24.8 Å². The van der Waals surface area contributed by atoms with Gasteiger partial charge in [-0.15, -0.1) is 0 Å². The van der Waals surface area contributed by atoms with Crippen LogP contribution in [0.4, 0.5) is 0 Å². The third kappa shape index (κ3) is 7.68. The molecule has 0 aromatic heterocycles. The van der Waals surface area contributed by atoms with Crippen LogP contribution in [0.1, 0.15) is 79.8 Å². The summed E-state index contributed by atoms with van der Waals surface area (Å²) in [6, 6.07) is 12.3. The van der Waals surface area contributed by atoms with Crippen molar-refractivity contribution < 1.29 is 27.0 Å². The van der Waals surface area contributed by atoms with Crippen molar-refractivity contribution in [3.8, 4) is 11.1 Å². The maximum atomic E-state index is 13.8. The Labute approximate surface area is 244 Å². The maximum Gasteiger partial charge on any atom is 0.326 e. The first-order valence-electron chi connectivity index (χ1n) is 14.3. The summed E-state index contributed by atoms with van der Waals surface area (Å²) >= 11 is 1.53. The number of hydrogen-bond acceptors (Lipinski definition) is 5. The number of quaternary nitrogens is 1. The van der Waals surface area contributed by atoms with Crippen LogP contribution in [-0.2, 0) is 21.4 Å². The molecule has 0 heterocycles. The molecule has 1 aliphatic carbocycles. The second-order valence-electron chi connectivity index (χ2n) is 11.1. The van der Waals surface area contributed by atoms with E-state index in [0.717, 1.165) is 55.2 Å². The number of aliphatic carboxylic acids is 1. The highest BCUT2D eigenvalue weighted by Gasteiger charge is 2.44. The third-order valence-electron chi connectivity index (χ3n) is 8.21. The number of sulfonamides is 1. The fourth-order valence-electron chi connectivity index (χ4n) is 5.69. The molecular weight excluding hydrogens is 544 g/mol. The summed E-state index contributed by atoms with van der Waals surface area (Å²) in [7, 11) is -1.56. The molecule has 40 heavy (non-hydrogen) atoms. The third-order valence-corrected chi connectivity index (χ3v) is 11.4. The van der Waals surface area contributed by atoms with Gasteiger partial charge in [0.1, 0.15) is 24.4 Å². The van der Waals surface area contributed by atoms with Gasteiger partial charge in [-0.3, -0.25) is 4.79 Å². The summed E-state index contributed by atoms with van der Waals surface area (Å²) in [5.74, 6) is -0.730. The molecule has 9 heteroatoms. The van der Waals surface area contributed by atoms with Crippen LogP contribution in [0.2, 0.25) is 0 Å². The highest BCUT2D eigenvalue weighted by atomic mass is 32.2. The Balaban J connectivity index is 2.06. The van der Waals surface area contributed by atoms with E-state index in [0.29, 0.717) is 36.3 Å². The minimum absolute atomic E-state index is 0.0263. The summed E-state index contributed by atoms with van der Waals surface area (Å²) in [5, 5.41) is 12.4. The predicted molar refractivity (Wildman–Crippen MR) is 164 cm³/mol. The van der Waals surface area contributed by atoms with Gasteiger partial charge in [0.2, 0.25) is 0 Å². The van der Waals surface area contributed by atoms with Gasteiger partial charge in [-0.1, -0.05) is 50.1 Å². The number of rotatable bonds is 14. The lowest BCUT2D eigenvalue weighted by atomic mass is 9.92. The van der Waals surface area contributed by atoms with Crippen molar-refractivity contribution in [1.82, 2.24) is 5.32 Å². The molecule has 2 aromatic carbocycles. The Morgan fingerprint density at radius 1 is 1.10 bits per heavy atom. The molecule has 0 aliphatic heterocycles. The molecule has 1 unspecified atom stereocenters. The normalized spacial score (nSPS) is 16.7. The Morgan fingerprint density at radius 2 is 1.80 bits per heavy atom. The molecule has 1 fully saturated rings. The van der Waals surface area contributed by atoms with Crippen LogP contribution in [0.3, 0.4) is 0 Å². The summed E-state index contributed by atoms with van der Waals surface area (Å²) in [6.07, 6.45) is 8.68. The smallest absolute Gasteiger partial charge is 0.326 e. The summed E-state index contributed by atoms with van der Waals surface area (Å²) in [4.78, 5) is 25.3. The van der Waals surface area contributed by atoms with E-state index in [1.807, 2.05) is 63.5 Å². The van der Waals surface area contributed by atoms with Crippen molar-refractivity contribution in [1.29, 1.82) is 0 Å². The summed E-state index contributed by atoms with van der Waals surface area (Å²) in [6.45, 7) is 4.30. The van der Waals surface area contributed by atoms with Crippen LogP contribution in [0.5, 0.6) is 0 Å². The zero-order chi connectivity index (χ0) is 29.3. The van der Waals surface area contributed by atoms with E-state index < -0.39 is 27.9 Å². The van der Waals surface area contributed by atoms with Gasteiger partial charge in [-0.25, -0.2) is 8.68 Å². The monoisotopic (exact) mass is 589 g/mol. The van der Waals surface area contributed by atoms with E-state index in [9.17, 15) is 23.1 Å². The van der Waals surface area contributed by atoms with Crippen LogP contribution in [0, 0.1) is 6.92 Å². The Morgan fingerprint density at radius 3 is 2.42 bits per heavy atom. The number of amides is 1. The zero-order valence-electron chi connectivity index (χ0n) is 24.3. The first kappa shape index (κ1) is 32.2. The van der Waals surface area contributed by atoms with Crippen LogP contribution >= 0.6 is 11.8 Å². The molecule has 2 aromatic rings. The lowest BCUT2D eigenvalue weighted by Gasteiger charge is -2.42. The number of nitrogens with one attached hydrogen (secondary N) is 1. The van der Waals surface area contributed by atoms with Gasteiger partial charge in [-0.05, 0) is 73.4 Å². The van der Waals surface area contributed by atoms with Crippen LogP contribution in [-0.4, -0.2) is 66.2 Å². The number of carboxylic acids is 1. The Hall–Kier alpha value is -2.36. The van der Waals surface area contributed by atoms with E-state index in [4.69, 9.17) is 0 Å². The largest absolute Gasteiger partial charge is 0.480 e. The number of aryl methyl sites for hydroxylation is 1. The molecule has 3 rings (SSSR count). The lowest BCUT2D eigenvalue weighted by Crippen LogP contribution is -2.56. The molecule has 1 amide bonds. The number of unbranched alkanes of at least 4 members (excludes halogenated alkanes) is 1. The van der Waals surface area contributed by atoms with Gasteiger partial charge in [0, 0.05) is 24.0 Å². The topological polar surface area (TPSA) is 101 Å². The van der Waals surface area contributed by atoms with Crippen LogP contribution in [0.15, 0.2) is 42.5 Å². The average molecular weight is 590 g/mol. The standard InChI is InChI=1S/C31H44N2O5S2/c1-5-6-20-40(37,38)33(3,25-13-8-7-9-14-25)22-24-16-17-27(28(21-24)26-15-11-10-12-23(26)2)30(34)32-29(31(35)36)18-19-39-4/h10-12,15-17,21,25,29H,5-9,13-14,18-20,22H2,1-4H3,(H-,32,34,35,36)/p+1/t29-,33?/m0/s1. The lowest BCUT2D eigenvalue weighted by molar-refractivity contribution is -0.828. The van der Waals surface area contributed by atoms with Crippen LogP contribution < -0.4 is 5.32 Å². The molecule has 7 nitrogen and oxygen atoms in total. The number of carbonyl (C=O) groups is 2. The van der Waals surface area contributed by atoms with Gasteiger partial charge >= 0.3 is 5.97 Å². The van der Waals surface area contributed by atoms with Gasteiger partial charge < -0.3 is 10.4 Å². The Bertz CT molecular complexity index is 1270.